The van der Waals surface area contributed by atoms with Crippen LogP contribution in [0.3, 0.4) is 0 Å². The fraction of sp³-hybridized carbons (Fsp3) is 0.519. The third-order valence-electron chi connectivity index (χ3n) is 13.2. The summed E-state index contributed by atoms with van der Waals surface area (Å²) < 4.78 is 0. The van der Waals surface area contributed by atoms with Crippen molar-refractivity contribution in [3.05, 3.63) is 92.1 Å². The number of H-pyrrole nitrogens is 2. The normalized spacial score (nSPS) is 13.1. The molecule has 0 fully saturated rings. The number of aromatic amines is 2. The highest BCUT2D eigenvalue weighted by Crippen LogP contribution is 2.46. The van der Waals surface area contributed by atoms with Gasteiger partial charge >= 0.3 is 0 Å². The van der Waals surface area contributed by atoms with Crippen LogP contribution >= 0.6 is 0 Å². The lowest BCUT2D eigenvalue weighted by molar-refractivity contribution is 0.783. The first-order chi connectivity index (χ1) is 28.4. The van der Waals surface area contributed by atoms with Gasteiger partial charge in [-0.25, -0.2) is 9.97 Å². The van der Waals surface area contributed by atoms with Crippen LogP contribution in [0.25, 0.3) is 55.5 Å². The van der Waals surface area contributed by atoms with E-state index in [2.05, 4.69) is 116 Å². The Morgan fingerprint density at radius 1 is 0.362 bits per heavy atom. The minimum absolute atomic E-state index is 0.963. The van der Waals surface area contributed by atoms with Gasteiger partial charge in [0.1, 0.15) is 0 Å². The fourth-order valence-electron chi connectivity index (χ4n) is 10.4. The summed E-state index contributed by atoms with van der Waals surface area (Å²) in [5.74, 6) is 0. The zero-order valence-electron chi connectivity index (χ0n) is 38.3. The van der Waals surface area contributed by atoms with E-state index in [-0.39, 0.29) is 0 Å². The second-order valence-electron chi connectivity index (χ2n) is 16.5. The Labute approximate surface area is 351 Å². The Hall–Kier alpha value is -4.18. The molecule has 2 N–H and O–H groups in total. The van der Waals surface area contributed by atoms with E-state index in [4.69, 9.17) is 9.97 Å². The van der Waals surface area contributed by atoms with Gasteiger partial charge in [-0.1, -0.05) is 126 Å². The molecule has 6 rings (SSSR count). The number of aryl methyl sites for hydroxylation is 6. The third-order valence-corrected chi connectivity index (χ3v) is 13.2. The Balaban J connectivity index is 2.07. The molecule has 58 heavy (non-hydrogen) atoms. The summed E-state index contributed by atoms with van der Waals surface area (Å²) in [6.07, 6.45) is 17.6. The largest absolute Gasteiger partial charge is 0.354 e. The van der Waals surface area contributed by atoms with Crippen molar-refractivity contribution in [3.8, 4) is 11.1 Å². The van der Waals surface area contributed by atoms with Crippen LogP contribution < -0.4 is 0 Å². The second kappa shape index (κ2) is 19.7. The van der Waals surface area contributed by atoms with Gasteiger partial charge in [-0.15, -0.1) is 0 Å². The van der Waals surface area contributed by atoms with Gasteiger partial charge in [-0.3, -0.25) is 0 Å². The molecule has 3 aromatic heterocycles. The van der Waals surface area contributed by atoms with Crippen molar-refractivity contribution in [1.29, 1.82) is 0 Å². The van der Waals surface area contributed by atoms with E-state index in [1.807, 2.05) is 0 Å². The van der Waals surface area contributed by atoms with Crippen LogP contribution in [0.2, 0.25) is 0 Å². The highest BCUT2D eigenvalue weighted by molar-refractivity contribution is 6.02. The van der Waals surface area contributed by atoms with Crippen LogP contribution in [0.5, 0.6) is 0 Å². The van der Waals surface area contributed by atoms with E-state index in [9.17, 15) is 0 Å². The maximum Gasteiger partial charge on any atom is 0.0726 e. The summed E-state index contributed by atoms with van der Waals surface area (Å²) in [5.41, 5.74) is 28.4. The lowest BCUT2D eigenvalue weighted by Crippen LogP contribution is -2.00. The average Bonchev–Trinajstić information content (AvgIpc) is 4.01. The highest BCUT2D eigenvalue weighted by atomic mass is 14.8. The predicted molar refractivity (Wildman–Crippen MR) is 255 cm³/mol. The number of aromatic nitrogens is 4. The predicted octanol–water partition coefficient (Wildman–Crippen LogP) is 15.7. The molecule has 0 spiro atoms. The molecular formula is C54H74N4. The smallest absolute Gasteiger partial charge is 0.0726 e. The van der Waals surface area contributed by atoms with E-state index in [1.165, 1.54) is 117 Å². The van der Waals surface area contributed by atoms with Crippen molar-refractivity contribution in [3.63, 3.8) is 0 Å². The minimum atomic E-state index is 0.963. The summed E-state index contributed by atoms with van der Waals surface area (Å²) >= 11 is 0. The molecule has 5 heterocycles. The van der Waals surface area contributed by atoms with Gasteiger partial charge in [0.2, 0.25) is 0 Å². The number of nitrogens with zero attached hydrogens (tertiary/aromatic N) is 2. The van der Waals surface area contributed by atoms with E-state index in [0.717, 1.165) is 109 Å². The first-order valence-electron chi connectivity index (χ1n) is 23.7. The molecule has 2 aliphatic rings. The standard InChI is InChI=1S/C54H74N4/c1-12-23-31-43-47-35(15-4)37(17-6)49(55-47)44(32-24-13-2)51-39(19-8)41(21-10)53(57-51)46(34-29-27-26-28-30-34)54-42(22-11)40(20-9)52(58-54)45(33-25-14-3)50-38(18-7)36(16-5)48(43)56-50/h26-30,57-58H,12-25,31-33H2,1-11H3. The Bertz CT molecular complexity index is 2190. The number of nitrogens with one attached hydrogen (secondary N) is 2. The van der Waals surface area contributed by atoms with Gasteiger partial charge in [0, 0.05) is 33.3 Å². The summed E-state index contributed by atoms with van der Waals surface area (Å²) in [6, 6.07) is 11.2. The summed E-state index contributed by atoms with van der Waals surface area (Å²) in [5, 5.41) is 0. The van der Waals surface area contributed by atoms with Crippen molar-refractivity contribution < 1.29 is 0 Å². The van der Waals surface area contributed by atoms with Gasteiger partial charge in [-0.05, 0) is 140 Å². The molecule has 0 atom stereocenters. The number of unbranched alkanes of at least 4 members (excludes halogenated alkanes) is 3. The zero-order chi connectivity index (χ0) is 41.5. The third kappa shape index (κ3) is 7.70. The maximum atomic E-state index is 5.94. The molecule has 4 heteroatoms. The minimum Gasteiger partial charge on any atom is -0.354 e. The Morgan fingerprint density at radius 3 is 1.02 bits per heavy atom. The molecule has 8 bridgehead atoms. The molecule has 4 nitrogen and oxygen atoms in total. The van der Waals surface area contributed by atoms with Crippen molar-refractivity contribution in [2.24, 2.45) is 0 Å². The second-order valence-corrected chi connectivity index (χ2v) is 16.5. The lowest BCUT2D eigenvalue weighted by Gasteiger charge is -2.12. The Kier molecular flexibility index (Phi) is 14.8. The summed E-state index contributed by atoms with van der Waals surface area (Å²) in [7, 11) is 0. The van der Waals surface area contributed by atoms with Crippen molar-refractivity contribution in [2.45, 2.75) is 185 Å². The molecule has 0 amide bonds. The molecule has 0 radical (unpaired) electrons. The quantitative estimate of drug-likeness (QED) is 0.106. The van der Waals surface area contributed by atoms with Crippen LogP contribution in [0.1, 0.15) is 202 Å². The molecule has 0 saturated carbocycles. The van der Waals surface area contributed by atoms with Crippen LogP contribution in [0.15, 0.2) is 30.3 Å². The molecule has 310 valence electrons. The van der Waals surface area contributed by atoms with E-state index in [0.29, 0.717) is 0 Å². The molecule has 1 aromatic carbocycles. The van der Waals surface area contributed by atoms with Crippen LogP contribution in [0.4, 0.5) is 0 Å². The highest BCUT2D eigenvalue weighted by Gasteiger charge is 2.30. The van der Waals surface area contributed by atoms with Crippen LogP contribution in [-0.2, 0) is 44.9 Å². The molecule has 2 aliphatic heterocycles. The van der Waals surface area contributed by atoms with Gasteiger partial charge in [0.15, 0.2) is 0 Å². The van der Waals surface area contributed by atoms with Crippen LogP contribution in [0, 0.1) is 0 Å². The SMILES string of the molecule is CCCCc1c2nc(c(CCCC)c3[nH]c(c(CC)c3CC)c(-c3ccccc3)c3[nH]c(c(CCCC)c4nc1C(CC)=C4CC)c(CC)c3CC)C(CC)=C2CC. The van der Waals surface area contributed by atoms with E-state index in [1.54, 1.807) is 0 Å². The van der Waals surface area contributed by atoms with Gasteiger partial charge in [-0.2, -0.15) is 0 Å². The van der Waals surface area contributed by atoms with Crippen molar-refractivity contribution in [2.75, 3.05) is 0 Å². The molecular weight excluding hydrogens is 705 g/mol. The van der Waals surface area contributed by atoms with Crippen molar-refractivity contribution in [1.82, 2.24) is 19.9 Å². The number of rotatable bonds is 18. The average molecular weight is 779 g/mol. The number of fused-ring (bicyclic) bond motifs is 8. The number of allylic oxidation sites excluding steroid dienone is 4. The lowest BCUT2D eigenvalue weighted by atomic mass is 9.90. The van der Waals surface area contributed by atoms with Gasteiger partial charge in [0.25, 0.3) is 0 Å². The molecule has 0 unspecified atom stereocenters. The van der Waals surface area contributed by atoms with Crippen molar-refractivity contribution >= 4 is 44.4 Å². The first kappa shape index (κ1) is 43.4. The van der Waals surface area contributed by atoms with Gasteiger partial charge < -0.3 is 9.97 Å². The van der Waals surface area contributed by atoms with Crippen LogP contribution in [-0.4, -0.2) is 19.9 Å². The topological polar surface area (TPSA) is 57.4 Å². The Morgan fingerprint density at radius 2 is 0.690 bits per heavy atom. The molecule has 0 saturated heterocycles. The molecule has 4 aromatic rings. The maximum absolute atomic E-state index is 5.94. The number of hydrogen-bond donors (Lipinski definition) is 2. The van der Waals surface area contributed by atoms with Gasteiger partial charge in [0.05, 0.1) is 33.8 Å². The molecule has 0 aliphatic carbocycles. The number of hydrogen-bond acceptors (Lipinski definition) is 2. The monoisotopic (exact) mass is 779 g/mol. The fourth-order valence-corrected chi connectivity index (χ4v) is 10.4. The van der Waals surface area contributed by atoms with E-state index >= 15 is 0 Å². The summed E-state index contributed by atoms with van der Waals surface area (Å²) in [4.78, 5) is 20.4. The van der Waals surface area contributed by atoms with E-state index < -0.39 is 0 Å². The zero-order valence-corrected chi connectivity index (χ0v) is 38.3. The number of benzene rings is 1. The summed E-state index contributed by atoms with van der Waals surface area (Å²) in [6.45, 7) is 25.9. The first-order valence-corrected chi connectivity index (χ1v) is 23.7.